The van der Waals surface area contributed by atoms with Gasteiger partial charge in [0.2, 0.25) is 0 Å². The van der Waals surface area contributed by atoms with Crippen molar-refractivity contribution in [2.75, 3.05) is 19.6 Å². The van der Waals surface area contributed by atoms with E-state index in [1.54, 1.807) is 0 Å². The quantitative estimate of drug-likeness (QED) is 0.287. The Balaban J connectivity index is 3.89. The average molecular weight is 160 g/mol. The van der Waals surface area contributed by atoms with Gasteiger partial charge in [0.1, 0.15) is 6.54 Å². The van der Waals surface area contributed by atoms with Crippen molar-refractivity contribution in [3.8, 4) is 0 Å². The van der Waals surface area contributed by atoms with E-state index in [2.05, 4.69) is 0 Å². The summed E-state index contributed by atoms with van der Waals surface area (Å²) in [5, 5.41) is 15.3. The molecule has 0 rings (SSSR count). The van der Waals surface area contributed by atoms with Crippen LogP contribution in [0.4, 0.5) is 0 Å². The Bertz CT molecular complexity index is 159. The third kappa shape index (κ3) is 4.15. The van der Waals surface area contributed by atoms with Crippen LogP contribution in [-0.4, -0.2) is 41.6 Å². The van der Waals surface area contributed by atoms with Gasteiger partial charge in [-0.15, -0.1) is 0 Å². The Morgan fingerprint density at radius 1 is 1.64 bits per heavy atom. The lowest BCUT2D eigenvalue weighted by Crippen LogP contribution is -2.42. The van der Waals surface area contributed by atoms with E-state index in [4.69, 9.17) is 22.0 Å². The molecule has 64 valence electrons. The molecule has 0 bridgehead atoms. The Morgan fingerprint density at radius 3 is 2.45 bits per heavy atom. The van der Waals surface area contributed by atoms with Crippen LogP contribution in [0.3, 0.4) is 0 Å². The van der Waals surface area contributed by atoms with E-state index >= 15 is 0 Å². The molecule has 0 aliphatic rings. The molecule has 0 atom stereocenters. The summed E-state index contributed by atoms with van der Waals surface area (Å²) in [6.07, 6.45) is 0. The summed E-state index contributed by atoms with van der Waals surface area (Å²) in [4.78, 5) is 11.3. The highest BCUT2D eigenvalue weighted by Gasteiger charge is 2.08. The number of guanidine groups is 1. The van der Waals surface area contributed by atoms with Crippen molar-refractivity contribution in [2.45, 2.75) is 0 Å². The van der Waals surface area contributed by atoms with Gasteiger partial charge in [-0.2, -0.15) is 0 Å². The van der Waals surface area contributed by atoms with Crippen LogP contribution in [0.2, 0.25) is 0 Å². The van der Waals surface area contributed by atoms with Gasteiger partial charge in [0, 0.05) is 13.1 Å². The maximum absolute atomic E-state index is 10.2. The monoisotopic (exact) mass is 160 g/mol. The molecule has 6 nitrogen and oxygen atoms in total. The number of hydrogen-bond donors (Lipinski definition) is 4. The summed E-state index contributed by atoms with van der Waals surface area (Å²) in [6.45, 7) is 0.307. The minimum absolute atomic E-state index is 0.266. The number of nitrogens with zero attached hydrogens (tertiary/aromatic N) is 1. The number of aliphatic carboxylic acids is 1. The number of hydrogen-bond acceptors (Lipinski definition) is 3. The fourth-order valence-corrected chi connectivity index (χ4v) is 0.604. The summed E-state index contributed by atoms with van der Waals surface area (Å²) < 4.78 is 0. The van der Waals surface area contributed by atoms with Gasteiger partial charge in [-0.25, -0.2) is 0 Å². The van der Waals surface area contributed by atoms with Gasteiger partial charge in [-0.1, -0.05) is 0 Å². The number of rotatable bonds is 4. The lowest BCUT2D eigenvalue weighted by molar-refractivity contribution is -0.137. The second kappa shape index (κ2) is 4.51. The second-order valence-corrected chi connectivity index (χ2v) is 1.99. The Morgan fingerprint density at radius 2 is 2.18 bits per heavy atom. The van der Waals surface area contributed by atoms with Gasteiger partial charge in [0.25, 0.3) is 0 Å². The first-order chi connectivity index (χ1) is 5.07. The molecule has 0 heterocycles. The van der Waals surface area contributed by atoms with E-state index in [0.717, 1.165) is 0 Å². The summed E-state index contributed by atoms with van der Waals surface area (Å²) in [5.74, 6) is -1.29. The zero-order valence-corrected chi connectivity index (χ0v) is 6.08. The summed E-state index contributed by atoms with van der Waals surface area (Å²) in [7, 11) is 0. The van der Waals surface area contributed by atoms with Crippen molar-refractivity contribution in [3.05, 3.63) is 0 Å². The van der Waals surface area contributed by atoms with Gasteiger partial charge >= 0.3 is 5.97 Å². The fourth-order valence-electron chi connectivity index (χ4n) is 0.604. The van der Waals surface area contributed by atoms with Crippen LogP contribution in [0.15, 0.2) is 0 Å². The Hall–Kier alpha value is -1.30. The van der Waals surface area contributed by atoms with Crippen LogP contribution in [0.1, 0.15) is 0 Å². The number of carboxylic acids is 1. The standard InChI is InChI=1S/C5H12N4O2/c6-1-2-9(5(7)8)3-4(10)11/h1-3,6H2,(H3,7,8)(H,10,11). The van der Waals surface area contributed by atoms with Crippen LogP contribution in [0, 0.1) is 5.41 Å². The van der Waals surface area contributed by atoms with Crippen LogP contribution in [0.25, 0.3) is 0 Å². The van der Waals surface area contributed by atoms with E-state index in [1.165, 1.54) is 4.90 Å². The molecule has 0 saturated heterocycles. The highest BCUT2D eigenvalue weighted by atomic mass is 16.4. The zero-order valence-electron chi connectivity index (χ0n) is 6.08. The third-order valence-corrected chi connectivity index (χ3v) is 1.07. The highest BCUT2D eigenvalue weighted by Crippen LogP contribution is 1.83. The van der Waals surface area contributed by atoms with Crippen molar-refractivity contribution >= 4 is 11.9 Å². The molecule has 0 unspecified atom stereocenters. The molecule has 0 radical (unpaired) electrons. The Kier molecular flexibility index (Phi) is 3.97. The van der Waals surface area contributed by atoms with Crippen LogP contribution < -0.4 is 11.5 Å². The fraction of sp³-hybridized carbons (Fsp3) is 0.600. The average Bonchev–Trinajstić information content (AvgIpc) is 1.86. The van der Waals surface area contributed by atoms with E-state index in [9.17, 15) is 4.79 Å². The van der Waals surface area contributed by atoms with E-state index in [1.807, 2.05) is 0 Å². The predicted molar refractivity (Wildman–Crippen MR) is 40.2 cm³/mol. The van der Waals surface area contributed by atoms with E-state index in [0.29, 0.717) is 6.54 Å². The third-order valence-electron chi connectivity index (χ3n) is 1.07. The first-order valence-corrected chi connectivity index (χ1v) is 3.08. The molecule has 11 heavy (non-hydrogen) atoms. The molecule has 0 saturated carbocycles. The van der Waals surface area contributed by atoms with Gasteiger partial charge < -0.3 is 21.5 Å². The number of carboxylic acid groups (broad SMARTS) is 1. The topological polar surface area (TPSA) is 116 Å². The molecular weight excluding hydrogens is 148 g/mol. The molecule has 6 N–H and O–H groups in total. The summed E-state index contributed by atoms with van der Waals surface area (Å²) in [5.41, 5.74) is 10.2. The largest absolute Gasteiger partial charge is 0.480 e. The molecule has 0 amide bonds. The van der Waals surface area contributed by atoms with Crippen molar-refractivity contribution < 1.29 is 9.90 Å². The maximum Gasteiger partial charge on any atom is 0.323 e. The summed E-state index contributed by atoms with van der Waals surface area (Å²) in [6, 6.07) is 0. The molecule has 0 aromatic heterocycles. The van der Waals surface area contributed by atoms with Gasteiger partial charge in [0.15, 0.2) is 5.96 Å². The van der Waals surface area contributed by atoms with Gasteiger partial charge in [-0.05, 0) is 0 Å². The lowest BCUT2D eigenvalue weighted by atomic mass is 10.5. The van der Waals surface area contributed by atoms with Crippen LogP contribution in [-0.2, 0) is 4.79 Å². The smallest absolute Gasteiger partial charge is 0.323 e. The number of carbonyl (C=O) groups is 1. The second-order valence-electron chi connectivity index (χ2n) is 1.99. The summed E-state index contributed by atoms with van der Waals surface area (Å²) >= 11 is 0. The van der Waals surface area contributed by atoms with E-state index < -0.39 is 5.97 Å². The van der Waals surface area contributed by atoms with Crippen molar-refractivity contribution in [2.24, 2.45) is 11.5 Å². The molecule has 0 aliphatic heterocycles. The van der Waals surface area contributed by atoms with Gasteiger partial charge in [0.05, 0.1) is 0 Å². The molecule has 0 aliphatic carbocycles. The molecule has 0 aromatic rings. The first kappa shape index (κ1) is 9.70. The van der Waals surface area contributed by atoms with Crippen molar-refractivity contribution in [3.63, 3.8) is 0 Å². The van der Waals surface area contributed by atoms with Crippen molar-refractivity contribution in [1.82, 2.24) is 4.90 Å². The highest BCUT2D eigenvalue weighted by molar-refractivity contribution is 5.80. The molecule has 0 spiro atoms. The maximum atomic E-state index is 10.2. The molecule has 6 heteroatoms. The number of nitrogens with two attached hydrogens (primary N) is 2. The Labute approximate surface area is 64.3 Å². The van der Waals surface area contributed by atoms with E-state index in [-0.39, 0.29) is 19.0 Å². The van der Waals surface area contributed by atoms with Crippen molar-refractivity contribution in [1.29, 1.82) is 5.41 Å². The zero-order chi connectivity index (χ0) is 8.85. The van der Waals surface area contributed by atoms with Crippen LogP contribution in [0.5, 0.6) is 0 Å². The normalized spacial score (nSPS) is 9.18. The first-order valence-electron chi connectivity index (χ1n) is 3.08. The van der Waals surface area contributed by atoms with Gasteiger partial charge in [-0.3, -0.25) is 10.2 Å². The number of nitrogens with one attached hydrogen (secondary N) is 1. The SMILES string of the molecule is N=C(N)N(CCN)CC(=O)O. The predicted octanol–water partition coefficient (Wildman–Crippen LogP) is -1.77. The molecular formula is C5H12N4O2. The van der Waals surface area contributed by atoms with Crippen LogP contribution >= 0.6 is 0 Å². The minimum Gasteiger partial charge on any atom is -0.480 e. The lowest BCUT2D eigenvalue weighted by Gasteiger charge is -2.18. The molecule has 0 fully saturated rings. The molecule has 0 aromatic carbocycles. The minimum atomic E-state index is -1.02.